The molecule has 0 saturated carbocycles. The maximum absolute atomic E-state index is 14.0. The molecule has 0 unspecified atom stereocenters. The lowest BCUT2D eigenvalue weighted by molar-refractivity contribution is -0.139. The number of fused-ring (bicyclic) bond motifs is 1. The monoisotopic (exact) mass is 580 g/mol. The van der Waals surface area contributed by atoms with Crippen LogP contribution in [0, 0.1) is 19.7 Å². The summed E-state index contributed by atoms with van der Waals surface area (Å²) in [6, 6.07) is 16.0. The molecule has 0 radical (unpaired) electrons. The van der Waals surface area contributed by atoms with Crippen molar-refractivity contribution in [2.45, 2.75) is 19.4 Å². The highest BCUT2D eigenvalue weighted by molar-refractivity contribution is 6.24. The number of nitrogens with zero attached hydrogens (tertiary/aromatic N) is 3. The Bertz CT molecular complexity index is 1990. The lowest BCUT2D eigenvalue weighted by atomic mass is 9.97. The molecular formula is C31H25FN6O5. The number of aromatic nitrogens is 3. The topological polar surface area (TPSA) is 145 Å². The molecule has 4 heterocycles. The van der Waals surface area contributed by atoms with Crippen molar-refractivity contribution in [3.8, 4) is 17.2 Å². The largest absolute Gasteiger partial charge is 0.454 e. The number of anilines is 2. The van der Waals surface area contributed by atoms with Gasteiger partial charge in [-0.25, -0.2) is 18.8 Å². The van der Waals surface area contributed by atoms with Crippen LogP contribution in [-0.4, -0.2) is 51.2 Å². The zero-order valence-electron chi connectivity index (χ0n) is 23.1. The van der Waals surface area contributed by atoms with Gasteiger partial charge in [-0.05, 0) is 73.5 Å². The van der Waals surface area contributed by atoms with Gasteiger partial charge in [-0.3, -0.25) is 9.59 Å². The van der Waals surface area contributed by atoms with Crippen molar-refractivity contribution >= 4 is 40.1 Å². The van der Waals surface area contributed by atoms with Crippen LogP contribution in [0.1, 0.15) is 27.2 Å². The van der Waals surface area contributed by atoms with Crippen LogP contribution in [0.15, 0.2) is 66.9 Å². The second kappa shape index (κ2) is 9.53. The fourth-order valence-corrected chi connectivity index (χ4v) is 5.40. The van der Waals surface area contributed by atoms with Crippen LogP contribution in [0.3, 0.4) is 0 Å². The molecule has 11 nitrogen and oxygen atoms in total. The van der Waals surface area contributed by atoms with Crippen molar-refractivity contribution in [3.05, 3.63) is 95.1 Å². The number of ether oxygens (including phenoxy) is 2. The highest BCUT2D eigenvalue weighted by Crippen LogP contribution is 2.35. The third-order valence-corrected chi connectivity index (χ3v) is 7.79. The minimum Gasteiger partial charge on any atom is -0.454 e. The van der Waals surface area contributed by atoms with E-state index < -0.39 is 17.4 Å². The van der Waals surface area contributed by atoms with Crippen LogP contribution in [0.4, 0.5) is 20.7 Å². The molecule has 3 amide bonds. The summed E-state index contributed by atoms with van der Waals surface area (Å²) in [5.74, 6) is -0.506. The molecule has 216 valence electrons. The van der Waals surface area contributed by atoms with E-state index in [1.54, 1.807) is 61.5 Å². The van der Waals surface area contributed by atoms with Gasteiger partial charge in [-0.1, -0.05) is 12.1 Å². The van der Waals surface area contributed by atoms with Crippen LogP contribution in [0.2, 0.25) is 0 Å². The summed E-state index contributed by atoms with van der Waals surface area (Å²) >= 11 is 0. The van der Waals surface area contributed by atoms with Gasteiger partial charge >= 0.3 is 6.03 Å². The Hall–Kier alpha value is -5.49. The average molecular weight is 581 g/mol. The van der Waals surface area contributed by atoms with Crippen molar-refractivity contribution in [1.29, 1.82) is 0 Å². The van der Waals surface area contributed by atoms with Gasteiger partial charge in [0.15, 0.2) is 17.1 Å². The normalized spacial score (nSPS) is 15.7. The van der Waals surface area contributed by atoms with Gasteiger partial charge in [-0.2, -0.15) is 5.10 Å². The molecule has 7 rings (SSSR count). The van der Waals surface area contributed by atoms with Crippen molar-refractivity contribution in [1.82, 2.24) is 20.1 Å². The third-order valence-electron chi connectivity index (χ3n) is 7.79. The third kappa shape index (κ3) is 4.14. The average Bonchev–Trinajstić information content (AvgIpc) is 3.63. The minimum absolute atomic E-state index is 0.109. The number of ketones is 1. The van der Waals surface area contributed by atoms with Crippen LogP contribution in [0.25, 0.3) is 16.6 Å². The minimum atomic E-state index is -1.02. The van der Waals surface area contributed by atoms with Gasteiger partial charge in [0.1, 0.15) is 11.6 Å². The first-order valence-corrected chi connectivity index (χ1v) is 13.4. The summed E-state index contributed by atoms with van der Waals surface area (Å²) in [6.45, 7) is 3.88. The van der Waals surface area contributed by atoms with Gasteiger partial charge in [0.05, 0.1) is 42.0 Å². The predicted octanol–water partition coefficient (Wildman–Crippen LogP) is 4.54. The lowest BCUT2D eigenvalue weighted by Crippen LogP contribution is -2.62. The van der Waals surface area contributed by atoms with Gasteiger partial charge in [0.2, 0.25) is 5.78 Å². The number of hydrogen-bond donors (Lipinski definition) is 3. The number of carbonyl (C=O) groups excluding carboxylic acids is 3. The first-order chi connectivity index (χ1) is 20.6. The van der Waals surface area contributed by atoms with Crippen LogP contribution >= 0.6 is 0 Å². The smallest absolute Gasteiger partial charge is 0.329 e. The standard InChI is InChI=1S/C31H25FN6O5/c1-16-9-18-11-23(35-22(18)12-24(16)37-29(40)31(14-42-15-31)36-30(37)41)27(39)20-13-34-38(28(20)33)19-7-8-25(17(2)10-19)43-26-6-4-3-5-21(26)32/h3-13,35H,14-15,33H2,1-2H3,(H,36,41). The van der Waals surface area contributed by atoms with Gasteiger partial charge < -0.3 is 25.5 Å². The summed E-state index contributed by atoms with van der Waals surface area (Å²) in [5, 5.41) is 7.79. The summed E-state index contributed by atoms with van der Waals surface area (Å²) in [7, 11) is 0. The van der Waals surface area contributed by atoms with E-state index >= 15 is 0 Å². The SMILES string of the molecule is Cc1cc(-n2ncc(C(=O)c3cc4cc(C)c(N5C(=O)NC6(COC6)C5=O)cc4[nH]3)c2N)ccc1Oc1ccccc1F. The Morgan fingerprint density at radius 1 is 1.05 bits per heavy atom. The van der Waals surface area contributed by atoms with Gasteiger partial charge in [0.25, 0.3) is 5.91 Å². The molecule has 3 aromatic carbocycles. The summed E-state index contributed by atoms with van der Waals surface area (Å²) < 4.78 is 26.4. The number of para-hydroxylation sites is 1. The molecule has 12 heteroatoms. The maximum Gasteiger partial charge on any atom is 0.329 e. The molecule has 2 aliphatic heterocycles. The molecule has 5 aromatic rings. The van der Waals surface area contributed by atoms with Gasteiger partial charge in [0, 0.05) is 10.9 Å². The van der Waals surface area contributed by atoms with E-state index in [9.17, 15) is 18.8 Å². The Balaban J connectivity index is 1.16. The van der Waals surface area contributed by atoms with E-state index in [2.05, 4.69) is 15.4 Å². The second-order valence-corrected chi connectivity index (χ2v) is 10.7. The van der Waals surface area contributed by atoms with E-state index in [4.69, 9.17) is 15.2 Å². The Kier molecular flexibility index (Phi) is 5.85. The highest BCUT2D eigenvalue weighted by Gasteiger charge is 2.57. The fourth-order valence-electron chi connectivity index (χ4n) is 5.40. The molecule has 2 aromatic heterocycles. The number of hydrogen-bond acceptors (Lipinski definition) is 7. The number of nitrogens with one attached hydrogen (secondary N) is 2. The summed E-state index contributed by atoms with van der Waals surface area (Å²) in [6.07, 6.45) is 1.40. The second-order valence-electron chi connectivity index (χ2n) is 10.7. The molecule has 0 atom stereocenters. The number of benzene rings is 3. The molecular weight excluding hydrogens is 555 g/mol. The van der Waals surface area contributed by atoms with E-state index in [0.29, 0.717) is 33.8 Å². The molecule has 2 aliphatic rings. The molecule has 2 fully saturated rings. The number of nitrogen functional groups attached to an aromatic ring is 1. The number of urea groups is 1. The van der Waals surface area contributed by atoms with Crippen LogP contribution < -0.4 is 20.7 Å². The fraction of sp³-hybridized carbons (Fsp3) is 0.161. The highest BCUT2D eigenvalue weighted by atomic mass is 19.1. The zero-order valence-corrected chi connectivity index (χ0v) is 23.1. The number of H-pyrrole nitrogens is 1. The number of carbonyl (C=O) groups is 3. The molecule has 4 N–H and O–H groups in total. The van der Waals surface area contributed by atoms with Gasteiger partial charge in [-0.15, -0.1) is 0 Å². The van der Waals surface area contributed by atoms with Crippen molar-refractivity contribution in [3.63, 3.8) is 0 Å². The number of aryl methyl sites for hydroxylation is 2. The molecule has 1 spiro atoms. The van der Waals surface area contributed by atoms with E-state index in [0.717, 1.165) is 10.3 Å². The number of halogens is 1. The van der Waals surface area contributed by atoms with Crippen LogP contribution in [-0.2, 0) is 9.53 Å². The van der Waals surface area contributed by atoms with Crippen LogP contribution in [0.5, 0.6) is 11.5 Å². The maximum atomic E-state index is 14.0. The molecule has 0 aliphatic carbocycles. The Morgan fingerprint density at radius 2 is 1.84 bits per heavy atom. The van der Waals surface area contributed by atoms with Crippen molar-refractivity contribution in [2.75, 3.05) is 23.8 Å². The van der Waals surface area contributed by atoms with E-state index in [-0.39, 0.29) is 47.7 Å². The predicted molar refractivity (Wildman–Crippen MR) is 155 cm³/mol. The number of imide groups is 1. The summed E-state index contributed by atoms with van der Waals surface area (Å²) in [5.41, 5.74) is 8.82. The van der Waals surface area contributed by atoms with E-state index in [1.165, 1.54) is 16.9 Å². The Morgan fingerprint density at radius 3 is 2.53 bits per heavy atom. The first kappa shape index (κ1) is 26.4. The van der Waals surface area contributed by atoms with Crippen molar-refractivity contribution < 1.29 is 28.2 Å². The number of nitrogens with two attached hydrogens (primary N) is 1. The van der Waals surface area contributed by atoms with E-state index in [1.807, 2.05) is 6.92 Å². The molecule has 0 bridgehead atoms. The first-order valence-electron chi connectivity index (χ1n) is 13.4. The number of amides is 3. The molecule has 2 saturated heterocycles. The lowest BCUT2D eigenvalue weighted by Gasteiger charge is -2.34. The number of rotatable bonds is 6. The zero-order chi connectivity index (χ0) is 30.0. The Labute approximate surface area is 244 Å². The number of aromatic amines is 1. The molecule has 43 heavy (non-hydrogen) atoms. The van der Waals surface area contributed by atoms with Crippen molar-refractivity contribution in [2.24, 2.45) is 0 Å². The quantitative estimate of drug-likeness (QED) is 0.198. The summed E-state index contributed by atoms with van der Waals surface area (Å²) in [4.78, 5) is 43.5.